The van der Waals surface area contributed by atoms with Gasteiger partial charge in [0.05, 0.1) is 18.4 Å². The van der Waals surface area contributed by atoms with Crippen molar-refractivity contribution in [3.8, 4) is 27.6 Å². The molecule has 3 aromatic heterocycles. The fourth-order valence-electron chi connectivity index (χ4n) is 3.34. The van der Waals surface area contributed by atoms with Gasteiger partial charge in [-0.3, -0.25) is 4.79 Å². The van der Waals surface area contributed by atoms with Crippen molar-refractivity contribution in [1.82, 2.24) is 20.2 Å². The molecule has 5 aromatic rings. The maximum atomic E-state index is 12.6. The number of fused-ring (bicyclic) bond motifs is 1. The van der Waals surface area contributed by atoms with Crippen molar-refractivity contribution >= 4 is 33.3 Å². The van der Waals surface area contributed by atoms with Gasteiger partial charge in [0, 0.05) is 10.4 Å². The Morgan fingerprint density at radius 1 is 1.03 bits per heavy atom. The third-order valence-corrected chi connectivity index (χ3v) is 7.30. The van der Waals surface area contributed by atoms with Gasteiger partial charge in [0.25, 0.3) is 10.8 Å². The fourth-order valence-corrected chi connectivity index (χ4v) is 4.97. The van der Waals surface area contributed by atoms with Gasteiger partial charge in [-0.2, -0.15) is 0 Å². The molecule has 0 unspecified atom stereocenters. The van der Waals surface area contributed by atoms with Gasteiger partial charge >= 0.3 is 0 Å². The highest BCUT2D eigenvalue weighted by Gasteiger charge is 2.13. The largest absolute Gasteiger partial charge is 0.497 e. The lowest BCUT2D eigenvalue weighted by molar-refractivity contribution is 0.415. The number of aryl methyl sites for hydroxylation is 2. The van der Waals surface area contributed by atoms with Crippen LogP contribution >= 0.6 is 23.1 Å². The zero-order valence-electron chi connectivity index (χ0n) is 18.2. The number of nitrogens with one attached hydrogen (secondary N) is 1. The lowest BCUT2D eigenvalue weighted by Gasteiger charge is -2.01. The summed E-state index contributed by atoms with van der Waals surface area (Å²) in [6.45, 7) is 4.11. The van der Waals surface area contributed by atoms with Crippen LogP contribution in [0, 0.1) is 13.8 Å². The van der Waals surface area contributed by atoms with Crippen LogP contribution in [-0.4, -0.2) is 27.3 Å². The van der Waals surface area contributed by atoms with Crippen LogP contribution < -0.4 is 10.3 Å². The van der Waals surface area contributed by atoms with E-state index < -0.39 is 0 Å². The first kappa shape index (κ1) is 21.4. The van der Waals surface area contributed by atoms with E-state index in [1.165, 1.54) is 34.2 Å². The van der Waals surface area contributed by atoms with E-state index in [0.29, 0.717) is 32.9 Å². The molecule has 0 spiro atoms. The summed E-state index contributed by atoms with van der Waals surface area (Å²) in [5.41, 5.74) is 4.79. The molecule has 1 N–H and O–H groups in total. The molecule has 0 amide bonds. The number of benzene rings is 2. The van der Waals surface area contributed by atoms with Crippen molar-refractivity contribution < 1.29 is 9.15 Å². The minimum Gasteiger partial charge on any atom is -0.497 e. The van der Waals surface area contributed by atoms with Crippen LogP contribution in [0.5, 0.6) is 5.75 Å². The third kappa shape index (κ3) is 4.42. The zero-order valence-corrected chi connectivity index (χ0v) is 19.8. The molecule has 2 aromatic carbocycles. The maximum Gasteiger partial charge on any atom is 0.277 e. The Morgan fingerprint density at radius 3 is 2.58 bits per heavy atom. The molecule has 0 aliphatic heterocycles. The van der Waals surface area contributed by atoms with Gasteiger partial charge in [-0.1, -0.05) is 17.8 Å². The molecular formula is C24H20N4O3S2. The van der Waals surface area contributed by atoms with E-state index in [4.69, 9.17) is 9.15 Å². The number of hydrogen-bond donors (Lipinski definition) is 1. The van der Waals surface area contributed by atoms with Gasteiger partial charge in [0.15, 0.2) is 0 Å². The number of aromatic amines is 1. The fraction of sp³-hybridized carbons (Fsp3) is 0.167. The molecule has 0 atom stereocenters. The normalized spacial score (nSPS) is 11.2. The number of thioether (sulfide) groups is 1. The second kappa shape index (κ2) is 8.84. The summed E-state index contributed by atoms with van der Waals surface area (Å²) in [5, 5.41) is 8.70. The lowest BCUT2D eigenvalue weighted by Crippen LogP contribution is -2.09. The standard InChI is InChI=1S/C24H20N4O3S2/c1-13-4-5-16(10-14(13)2)23-27-28-24(31-23)32-12-20-25-18-11-19(33-21(18)22(29)26-20)15-6-8-17(30-3)9-7-15/h4-11H,12H2,1-3H3,(H,25,26,29). The number of aromatic nitrogens is 4. The number of rotatable bonds is 6. The van der Waals surface area contributed by atoms with Gasteiger partial charge in [0.1, 0.15) is 16.3 Å². The number of hydrogen-bond acceptors (Lipinski definition) is 8. The Labute approximate surface area is 197 Å². The van der Waals surface area contributed by atoms with Crippen molar-refractivity contribution in [2.75, 3.05) is 7.11 Å². The van der Waals surface area contributed by atoms with Crippen molar-refractivity contribution in [2.24, 2.45) is 0 Å². The Hall–Kier alpha value is -3.43. The van der Waals surface area contributed by atoms with Crippen LogP contribution in [0.3, 0.4) is 0 Å². The second-order valence-corrected chi connectivity index (χ2v) is 9.51. The molecule has 0 bridgehead atoms. The predicted octanol–water partition coefficient (Wildman–Crippen LogP) is 5.62. The van der Waals surface area contributed by atoms with Gasteiger partial charge in [0.2, 0.25) is 5.89 Å². The number of H-pyrrole nitrogens is 1. The molecule has 9 heteroatoms. The molecule has 0 aliphatic rings. The number of ether oxygens (including phenoxy) is 1. The van der Waals surface area contributed by atoms with Crippen LogP contribution in [0.4, 0.5) is 0 Å². The van der Waals surface area contributed by atoms with Gasteiger partial charge in [-0.25, -0.2) is 4.98 Å². The number of methoxy groups -OCH3 is 1. The van der Waals surface area contributed by atoms with Crippen molar-refractivity contribution in [3.05, 3.63) is 75.8 Å². The monoisotopic (exact) mass is 476 g/mol. The van der Waals surface area contributed by atoms with E-state index in [-0.39, 0.29) is 5.56 Å². The van der Waals surface area contributed by atoms with Gasteiger partial charge < -0.3 is 14.1 Å². The first-order chi connectivity index (χ1) is 16.0. The SMILES string of the molecule is COc1ccc(-c2cc3nc(CSc4nnc(-c5ccc(C)c(C)c5)o4)[nH]c(=O)c3s2)cc1. The molecule has 7 nitrogen and oxygen atoms in total. The molecular weight excluding hydrogens is 456 g/mol. The Morgan fingerprint density at radius 2 is 1.82 bits per heavy atom. The Balaban J connectivity index is 1.34. The van der Waals surface area contributed by atoms with Crippen LogP contribution in [0.2, 0.25) is 0 Å². The minimum absolute atomic E-state index is 0.151. The predicted molar refractivity (Wildman–Crippen MR) is 131 cm³/mol. The first-order valence-corrected chi connectivity index (χ1v) is 12.0. The van der Waals surface area contributed by atoms with Crippen molar-refractivity contribution in [1.29, 1.82) is 0 Å². The molecule has 0 aliphatic carbocycles. The van der Waals surface area contributed by atoms with Crippen molar-refractivity contribution in [3.63, 3.8) is 0 Å². The second-order valence-electron chi connectivity index (χ2n) is 7.53. The third-order valence-electron chi connectivity index (χ3n) is 5.30. The smallest absolute Gasteiger partial charge is 0.277 e. The van der Waals surface area contributed by atoms with Crippen LogP contribution in [0.25, 0.3) is 32.1 Å². The molecule has 166 valence electrons. The van der Waals surface area contributed by atoms with E-state index in [0.717, 1.165) is 21.8 Å². The van der Waals surface area contributed by atoms with E-state index in [9.17, 15) is 4.79 Å². The first-order valence-electron chi connectivity index (χ1n) is 10.2. The average Bonchev–Trinajstić information content (AvgIpc) is 3.47. The highest BCUT2D eigenvalue weighted by atomic mass is 32.2. The van der Waals surface area contributed by atoms with E-state index in [2.05, 4.69) is 27.1 Å². The molecule has 33 heavy (non-hydrogen) atoms. The molecule has 3 heterocycles. The molecule has 0 fully saturated rings. The van der Waals surface area contributed by atoms with Crippen LogP contribution in [-0.2, 0) is 5.75 Å². The molecule has 0 radical (unpaired) electrons. The summed E-state index contributed by atoms with van der Waals surface area (Å²) in [6, 6.07) is 15.7. The number of thiophene rings is 1. The molecule has 0 saturated carbocycles. The zero-order chi connectivity index (χ0) is 22.9. The van der Waals surface area contributed by atoms with E-state index >= 15 is 0 Å². The Kier molecular flexibility index (Phi) is 5.74. The van der Waals surface area contributed by atoms with E-state index in [1.54, 1.807) is 7.11 Å². The summed E-state index contributed by atoms with van der Waals surface area (Å²) in [7, 11) is 1.63. The van der Waals surface area contributed by atoms with Crippen LogP contribution in [0.1, 0.15) is 17.0 Å². The van der Waals surface area contributed by atoms with Crippen LogP contribution in [0.15, 0.2) is 63.0 Å². The quantitative estimate of drug-likeness (QED) is 0.318. The average molecular weight is 477 g/mol. The molecule has 5 rings (SSSR count). The topological polar surface area (TPSA) is 93.9 Å². The summed E-state index contributed by atoms with van der Waals surface area (Å²) in [5.74, 6) is 2.23. The van der Waals surface area contributed by atoms with Gasteiger partial charge in [-0.15, -0.1) is 21.5 Å². The van der Waals surface area contributed by atoms with Crippen molar-refractivity contribution in [2.45, 2.75) is 24.8 Å². The van der Waals surface area contributed by atoms with E-state index in [1.807, 2.05) is 55.5 Å². The summed E-state index contributed by atoms with van der Waals surface area (Å²) < 4.78 is 11.6. The molecule has 0 saturated heterocycles. The van der Waals surface area contributed by atoms with Gasteiger partial charge in [-0.05, 0) is 73.0 Å². The summed E-state index contributed by atoms with van der Waals surface area (Å²) in [6.07, 6.45) is 0. The highest BCUT2D eigenvalue weighted by molar-refractivity contribution is 7.98. The summed E-state index contributed by atoms with van der Waals surface area (Å²) in [4.78, 5) is 21.1. The Bertz CT molecular complexity index is 1500. The maximum absolute atomic E-state index is 12.6. The lowest BCUT2D eigenvalue weighted by atomic mass is 10.1. The minimum atomic E-state index is -0.151. The highest BCUT2D eigenvalue weighted by Crippen LogP contribution is 2.32. The summed E-state index contributed by atoms with van der Waals surface area (Å²) >= 11 is 2.76. The number of nitrogens with zero attached hydrogens (tertiary/aromatic N) is 3.